The quantitative estimate of drug-likeness (QED) is 0.251. The molecule has 35 heavy (non-hydrogen) atoms. The zero-order chi connectivity index (χ0) is 22.9. The average Bonchev–Trinajstić information content (AvgIpc) is 3.59. The van der Waals surface area contributed by atoms with Gasteiger partial charge in [0.25, 0.3) is 0 Å². The van der Waals surface area contributed by atoms with Crippen LogP contribution >= 0.6 is 11.3 Å². The van der Waals surface area contributed by atoms with E-state index in [1.54, 1.807) is 0 Å². The van der Waals surface area contributed by atoms with Gasteiger partial charge in [-0.15, -0.1) is 11.3 Å². The Morgan fingerprint density at radius 2 is 1.40 bits per heavy atom. The van der Waals surface area contributed by atoms with Crippen LogP contribution in [0, 0.1) is 0 Å². The molecule has 0 spiro atoms. The van der Waals surface area contributed by atoms with Crippen molar-refractivity contribution in [1.82, 2.24) is 14.0 Å². The second-order valence-corrected chi connectivity index (χ2v) is 10.0. The molecule has 0 aliphatic carbocycles. The molecule has 164 valence electrons. The molecule has 8 rings (SSSR count). The number of benzene rings is 4. The molecule has 0 amide bonds. The van der Waals surface area contributed by atoms with Crippen LogP contribution in [0.4, 0.5) is 0 Å². The van der Waals surface area contributed by atoms with Gasteiger partial charge in [0, 0.05) is 54.6 Å². The summed E-state index contributed by atoms with van der Waals surface area (Å²) in [5, 5.41) is 5.25. The maximum Gasteiger partial charge on any atom is 0.137 e. The molecular formula is C31H19N3S. The maximum atomic E-state index is 4.79. The summed E-state index contributed by atoms with van der Waals surface area (Å²) >= 11 is 1.87. The van der Waals surface area contributed by atoms with E-state index >= 15 is 0 Å². The summed E-state index contributed by atoms with van der Waals surface area (Å²) in [4.78, 5) is 4.79. The zero-order valence-electron chi connectivity index (χ0n) is 18.7. The van der Waals surface area contributed by atoms with Crippen molar-refractivity contribution in [1.29, 1.82) is 0 Å². The molecular weight excluding hydrogens is 446 g/mol. The lowest BCUT2D eigenvalue weighted by Crippen LogP contribution is -1.93. The minimum atomic E-state index is 0.960. The molecule has 4 heterocycles. The van der Waals surface area contributed by atoms with E-state index < -0.39 is 0 Å². The molecule has 0 aliphatic rings. The van der Waals surface area contributed by atoms with Crippen molar-refractivity contribution >= 4 is 59.0 Å². The SMILES string of the molecule is c1ccc2c(c1)sc1cc3c(cc12)c1ccccc1n3-c1ccc(-c2cn3ccccc3n2)cc1. The highest BCUT2D eigenvalue weighted by Gasteiger charge is 2.15. The second-order valence-electron chi connectivity index (χ2n) is 8.96. The van der Waals surface area contributed by atoms with E-state index in [-0.39, 0.29) is 0 Å². The summed E-state index contributed by atoms with van der Waals surface area (Å²) in [6, 6.07) is 37.0. The fourth-order valence-electron chi connectivity index (χ4n) is 5.32. The van der Waals surface area contributed by atoms with Gasteiger partial charge in [-0.3, -0.25) is 0 Å². The van der Waals surface area contributed by atoms with Crippen molar-refractivity contribution in [2.45, 2.75) is 0 Å². The number of thiophene rings is 1. The van der Waals surface area contributed by atoms with Gasteiger partial charge in [-0.1, -0.05) is 54.6 Å². The van der Waals surface area contributed by atoms with Crippen LogP contribution in [0.15, 0.2) is 116 Å². The number of hydrogen-bond acceptors (Lipinski definition) is 2. The van der Waals surface area contributed by atoms with E-state index in [0.29, 0.717) is 0 Å². The van der Waals surface area contributed by atoms with E-state index in [1.165, 1.54) is 42.0 Å². The Bertz CT molecular complexity index is 2020. The van der Waals surface area contributed by atoms with Gasteiger partial charge in [0.1, 0.15) is 5.65 Å². The summed E-state index contributed by atoms with van der Waals surface area (Å²) in [5.74, 6) is 0. The molecule has 0 N–H and O–H groups in total. The molecule has 0 saturated carbocycles. The minimum absolute atomic E-state index is 0.960. The molecule has 0 fully saturated rings. The van der Waals surface area contributed by atoms with Crippen molar-refractivity contribution in [2.75, 3.05) is 0 Å². The lowest BCUT2D eigenvalue weighted by atomic mass is 10.1. The first-order valence-corrected chi connectivity index (χ1v) is 12.5. The van der Waals surface area contributed by atoms with Crippen LogP contribution in [0.25, 0.3) is 64.6 Å². The number of pyridine rings is 1. The van der Waals surface area contributed by atoms with Crippen molar-refractivity contribution in [3.8, 4) is 16.9 Å². The summed E-state index contributed by atoms with van der Waals surface area (Å²) in [6.45, 7) is 0. The van der Waals surface area contributed by atoms with Crippen LogP contribution in [0.1, 0.15) is 0 Å². The molecule has 0 bridgehead atoms. The van der Waals surface area contributed by atoms with Gasteiger partial charge < -0.3 is 8.97 Å². The number of fused-ring (bicyclic) bond motifs is 7. The third-order valence-electron chi connectivity index (χ3n) is 6.96. The van der Waals surface area contributed by atoms with Gasteiger partial charge in [0.05, 0.1) is 16.7 Å². The summed E-state index contributed by atoms with van der Waals surface area (Å²) in [5.41, 5.74) is 6.68. The highest BCUT2D eigenvalue weighted by Crippen LogP contribution is 2.40. The molecule has 0 atom stereocenters. The molecule has 3 nitrogen and oxygen atoms in total. The highest BCUT2D eigenvalue weighted by molar-refractivity contribution is 7.25. The number of nitrogens with zero attached hydrogens (tertiary/aromatic N) is 3. The Hall–Kier alpha value is -4.41. The summed E-state index contributed by atoms with van der Waals surface area (Å²) in [6.07, 6.45) is 4.12. The fraction of sp³-hybridized carbons (Fsp3) is 0. The monoisotopic (exact) mass is 465 g/mol. The Morgan fingerprint density at radius 1 is 0.600 bits per heavy atom. The van der Waals surface area contributed by atoms with Crippen LogP contribution in [0.2, 0.25) is 0 Å². The van der Waals surface area contributed by atoms with Gasteiger partial charge in [-0.2, -0.15) is 0 Å². The first-order valence-electron chi connectivity index (χ1n) is 11.7. The largest absolute Gasteiger partial charge is 0.309 e. The van der Waals surface area contributed by atoms with Crippen molar-refractivity contribution in [3.05, 3.63) is 116 Å². The van der Waals surface area contributed by atoms with Crippen LogP contribution in [-0.4, -0.2) is 14.0 Å². The van der Waals surface area contributed by atoms with Gasteiger partial charge in [-0.05, 0) is 48.5 Å². The van der Waals surface area contributed by atoms with E-state index in [4.69, 9.17) is 4.98 Å². The number of rotatable bonds is 2. The van der Waals surface area contributed by atoms with Gasteiger partial charge in [-0.25, -0.2) is 4.98 Å². The summed E-state index contributed by atoms with van der Waals surface area (Å²) < 4.78 is 7.11. The Balaban J connectivity index is 1.35. The predicted octanol–water partition coefficient (Wildman–Crippen LogP) is 8.47. The van der Waals surface area contributed by atoms with Crippen LogP contribution < -0.4 is 0 Å². The molecule has 0 unspecified atom stereocenters. The van der Waals surface area contributed by atoms with E-state index in [1.807, 2.05) is 35.7 Å². The Morgan fingerprint density at radius 3 is 2.29 bits per heavy atom. The highest BCUT2D eigenvalue weighted by atomic mass is 32.1. The topological polar surface area (TPSA) is 22.2 Å². The van der Waals surface area contributed by atoms with Crippen LogP contribution in [0.3, 0.4) is 0 Å². The van der Waals surface area contributed by atoms with E-state index in [9.17, 15) is 0 Å². The van der Waals surface area contributed by atoms with Gasteiger partial charge in [0.15, 0.2) is 0 Å². The van der Waals surface area contributed by atoms with E-state index in [2.05, 4.69) is 100 Å². The third-order valence-corrected chi connectivity index (χ3v) is 8.09. The van der Waals surface area contributed by atoms with E-state index in [0.717, 1.165) is 22.6 Å². The lowest BCUT2D eigenvalue weighted by molar-refractivity contribution is 1.18. The molecule has 4 aromatic heterocycles. The van der Waals surface area contributed by atoms with Gasteiger partial charge in [0.2, 0.25) is 0 Å². The maximum absolute atomic E-state index is 4.79. The molecule has 0 saturated heterocycles. The Labute approximate surface area is 205 Å². The summed E-state index contributed by atoms with van der Waals surface area (Å²) in [7, 11) is 0. The second kappa shape index (κ2) is 7.05. The standard InChI is InChI=1S/C31H19N3S/c1-3-9-27-22(7-1)24-17-25-23-8-2-4-10-29(23)35-30(25)18-28(24)34(27)21-14-12-20(13-15-21)26-19-33-16-6-5-11-31(33)32-26/h1-19H. The molecule has 0 radical (unpaired) electrons. The van der Waals surface area contributed by atoms with Gasteiger partial charge >= 0.3 is 0 Å². The predicted molar refractivity (Wildman–Crippen MR) is 148 cm³/mol. The lowest BCUT2D eigenvalue weighted by Gasteiger charge is -2.09. The van der Waals surface area contributed by atoms with Crippen molar-refractivity contribution in [3.63, 3.8) is 0 Å². The molecule has 0 aliphatic heterocycles. The fourth-order valence-corrected chi connectivity index (χ4v) is 6.44. The Kier molecular flexibility index (Phi) is 3.82. The zero-order valence-corrected chi connectivity index (χ0v) is 19.5. The molecule has 8 aromatic rings. The molecule has 4 heteroatoms. The average molecular weight is 466 g/mol. The van der Waals surface area contributed by atoms with Crippen LogP contribution in [-0.2, 0) is 0 Å². The normalized spacial score (nSPS) is 12.0. The van der Waals surface area contributed by atoms with Crippen molar-refractivity contribution in [2.24, 2.45) is 0 Å². The number of imidazole rings is 1. The first kappa shape index (κ1) is 19.0. The number of hydrogen-bond donors (Lipinski definition) is 0. The first-order chi connectivity index (χ1) is 17.3. The number of aromatic nitrogens is 3. The smallest absolute Gasteiger partial charge is 0.137 e. The number of para-hydroxylation sites is 1. The molecule has 4 aromatic carbocycles. The van der Waals surface area contributed by atoms with Crippen molar-refractivity contribution < 1.29 is 0 Å². The minimum Gasteiger partial charge on any atom is -0.309 e. The van der Waals surface area contributed by atoms with Crippen LogP contribution in [0.5, 0.6) is 0 Å². The third kappa shape index (κ3) is 2.74.